The molecule has 0 aliphatic heterocycles. The van der Waals surface area contributed by atoms with Crippen LogP contribution in [0.4, 0.5) is 0 Å². The highest BCUT2D eigenvalue weighted by Gasteiger charge is 2.44. The minimum atomic E-state index is -3.83. The van der Waals surface area contributed by atoms with Crippen molar-refractivity contribution in [2.24, 2.45) is 0 Å². The minimum Gasteiger partial charge on any atom is -0.344 e. The van der Waals surface area contributed by atoms with Gasteiger partial charge in [0.05, 0.1) is 0 Å². The van der Waals surface area contributed by atoms with Gasteiger partial charge in [-0.25, -0.2) is 0 Å². The first-order chi connectivity index (χ1) is 6.34. The summed E-state index contributed by atoms with van der Waals surface area (Å²) in [7, 11) is 0. The summed E-state index contributed by atoms with van der Waals surface area (Å²) in [6, 6.07) is 0. The summed E-state index contributed by atoms with van der Waals surface area (Å²) in [5, 5.41) is 76.3. The summed E-state index contributed by atoms with van der Waals surface area (Å²) in [5.74, 6) is -3.24. The molecular formula is C5H13NO9. The van der Waals surface area contributed by atoms with Crippen molar-refractivity contribution in [2.75, 3.05) is 6.54 Å². The maximum absolute atomic E-state index is 8.52. The zero-order valence-electron chi connectivity index (χ0n) is 7.39. The molecule has 0 aromatic carbocycles. The summed E-state index contributed by atoms with van der Waals surface area (Å²) >= 11 is 0. The van der Waals surface area contributed by atoms with Crippen LogP contribution in [0.15, 0.2) is 0 Å². The molecule has 0 spiro atoms. The Labute approximate surface area is 83.1 Å². The van der Waals surface area contributed by atoms with Gasteiger partial charge in [-0.15, -0.1) is 4.90 Å². The largest absolute Gasteiger partial charge is 0.352 e. The van der Waals surface area contributed by atoms with Crippen molar-refractivity contribution in [3.8, 4) is 0 Å². The van der Waals surface area contributed by atoms with Crippen molar-refractivity contribution in [3.05, 3.63) is 0 Å². The quantitative estimate of drug-likeness (QED) is 0.206. The second-order valence-corrected chi connectivity index (χ2v) is 2.88. The summed E-state index contributed by atoms with van der Waals surface area (Å²) in [5.41, 5.74) is 0. The molecule has 0 aromatic rings. The van der Waals surface area contributed by atoms with Gasteiger partial charge in [0.15, 0.2) is 0 Å². The fourth-order valence-corrected chi connectivity index (χ4v) is 0.763. The van der Waals surface area contributed by atoms with Crippen molar-refractivity contribution in [3.63, 3.8) is 0 Å². The molecule has 0 radical (unpaired) electrons. The van der Waals surface area contributed by atoms with Crippen LogP contribution in [-0.4, -0.2) is 75.6 Å². The summed E-state index contributed by atoms with van der Waals surface area (Å²) in [4.78, 5) is -0.544. The van der Waals surface area contributed by atoms with Crippen LogP contribution in [0.5, 0.6) is 0 Å². The Morgan fingerprint density at radius 1 is 0.667 bits per heavy atom. The van der Waals surface area contributed by atoms with Gasteiger partial charge >= 0.3 is 12.2 Å². The highest BCUT2D eigenvalue weighted by atomic mass is 16.8. The molecule has 0 aromatic heterocycles. The smallest absolute Gasteiger partial charge is 0.344 e. The van der Waals surface area contributed by atoms with Gasteiger partial charge in [-0.1, -0.05) is 0 Å². The molecule has 0 aliphatic rings. The van der Waals surface area contributed by atoms with Gasteiger partial charge in [0.1, 0.15) is 0 Å². The molecule has 0 heterocycles. The van der Waals surface area contributed by atoms with Crippen LogP contribution in [0.2, 0.25) is 0 Å². The standard InChI is InChI=1S/C5H13NO9/c7-3(8,9)1-2-6(4(10,11)12)5(13,14)15/h7-15H,1-2H2. The van der Waals surface area contributed by atoms with E-state index >= 15 is 0 Å². The SMILES string of the molecule is OC(O)(O)CCN(C(O)(O)O)C(O)(O)O. The average Bonchev–Trinajstić information content (AvgIpc) is 1.75. The number of hydrogen-bond acceptors (Lipinski definition) is 10. The first kappa shape index (κ1) is 14.6. The summed E-state index contributed by atoms with van der Waals surface area (Å²) in [6.07, 6.45) is -8.70. The van der Waals surface area contributed by atoms with Crippen LogP contribution in [0.1, 0.15) is 6.42 Å². The van der Waals surface area contributed by atoms with Gasteiger partial charge in [0, 0.05) is 13.0 Å². The van der Waals surface area contributed by atoms with Crippen molar-refractivity contribution < 1.29 is 46.0 Å². The van der Waals surface area contributed by atoms with E-state index in [1.165, 1.54) is 0 Å². The van der Waals surface area contributed by atoms with Crippen molar-refractivity contribution in [1.82, 2.24) is 4.90 Å². The third-order valence-electron chi connectivity index (χ3n) is 1.40. The second kappa shape index (κ2) is 4.23. The molecule has 9 N–H and O–H groups in total. The van der Waals surface area contributed by atoms with E-state index in [0.717, 1.165) is 0 Å². The lowest BCUT2D eigenvalue weighted by Crippen LogP contribution is -2.62. The molecule has 0 bridgehead atoms. The summed E-state index contributed by atoms with van der Waals surface area (Å²) in [6.45, 7) is -1.07. The molecule has 0 rings (SSSR count). The van der Waals surface area contributed by atoms with E-state index in [4.69, 9.17) is 46.0 Å². The van der Waals surface area contributed by atoms with Crippen molar-refractivity contribution >= 4 is 0 Å². The Bertz CT molecular complexity index is 184. The summed E-state index contributed by atoms with van der Waals surface area (Å²) < 4.78 is 0. The predicted molar refractivity (Wildman–Crippen MR) is 39.5 cm³/mol. The molecule has 10 heteroatoms. The monoisotopic (exact) mass is 231 g/mol. The maximum Gasteiger partial charge on any atom is 0.352 e. The predicted octanol–water partition coefficient (Wildman–Crippen LogP) is -5.51. The van der Waals surface area contributed by atoms with E-state index in [9.17, 15) is 0 Å². The van der Waals surface area contributed by atoms with E-state index in [1.54, 1.807) is 0 Å². The van der Waals surface area contributed by atoms with Crippen LogP contribution < -0.4 is 0 Å². The third-order valence-corrected chi connectivity index (χ3v) is 1.40. The zero-order chi connectivity index (χ0) is 12.5. The normalized spacial score (nSPS) is 14.8. The number of nitrogens with zero attached hydrogens (tertiary/aromatic N) is 1. The van der Waals surface area contributed by atoms with Crippen LogP contribution in [-0.2, 0) is 0 Å². The van der Waals surface area contributed by atoms with E-state index in [0.29, 0.717) is 0 Å². The highest BCUT2D eigenvalue weighted by Crippen LogP contribution is 2.16. The lowest BCUT2D eigenvalue weighted by molar-refractivity contribution is -0.511. The van der Waals surface area contributed by atoms with Gasteiger partial charge in [0.2, 0.25) is 0 Å². The first-order valence-electron chi connectivity index (χ1n) is 3.63. The molecule has 0 unspecified atom stereocenters. The molecule has 0 saturated heterocycles. The average molecular weight is 231 g/mol. The van der Waals surface area contributed by atoms with Gasteiger partial charge < -0.3 is 46.0 Å². The van der Waals surface area contributed by atoms with E-state index in [2.05, 4.69) is 0 Å². The van der Waals surface area contributed by atoms with Gasteiger partial charge in [0.25, 0.3) is 5.97 Å². The molecular weight excluding hydrogens is 218 g/mol. The molecule has 15 heavy (non-hydrogen) atoms. The minimum absolute atomic E-state index is 0.544. The molecule has 0 aliphatic carbocycles. The Kier molecular flexibility index (Phi) is 4.11. The van der Waals surface area contributed by atoms with E-state index in [1.807, 2.05) is 0 Å². The third kappa shape index (κ3) is 5.91. The van der Waals surface area contributed by atoms with Gasteiger partial charge in [-0.2, -0.15) is 0 Å². The van der Waals surface area contributed by atoms with E-state index in [-0.39, 0.29) is 0 Å². The Balaban J connectivity index is 4.56. The fourth-order valence-electron chi connectivity index (χ4n) is 0.763. The molecule has 0 atom stereocenters. The Morgan fingerprint density at radius 3 is 1.20 bits per heavy atom. The van der Waals surface area contributed by atoms with Crippen molar-refractivity contribution in [1.29, 1.82) is 0 Å². The maximum atomic E-state index is 8.52. The Morgan fingerprint density at radius 2 is 1.00 bits per heavy atom. The fraction of sp³-hybridized carbons (Fsp3) is 1.00. The first-order valence-corrected chi connectivity index (χ1v) is 3.63. The molecule has 0 amide bonds. The van der Waals surface area contributed by atoms with Crippen LogP contribution in [0.25, 0.3) is 0 Å². The van der Waals surface area contributed by atoms with Crippen LogP contribution in [0.3, 0.4) is 0 Å². The van der Waals surface area contributed by atoms with E-state index < -0.39 is 36.0 Å². The number of rotatable bonds is 5. The zero-order valence-corrected chi connectivity index (χ0v) is 7.39. The van der Waals surface area contributed by atoms with Crippen LogP contribution >= 0.6 is 0 Å². The number of aliphatic hydroxyl groups is 9. The topological polar surface area (TPSA) is 185 Å². The lowest BCUT2D eigenvalue weighted by Gasteiger charge is -2.35. The molecule has 92 valence electrons. The molecule has 10 nitrogen and oxygen atoms in total. The molecule has 0 fully saturated rings. The molecule has 0 saturated carbocycles. The lowest BCUT2D eigenvalue weighted by atomic mass is 10.3. The number of hydrogen-bond donors (Lipinski definition) is 9. The van der Waals surface area contributed by atoms with Crippen molar-refractivity contribution in [2.45, 2.75) is 24.6 Å². The van der Waals surface area contributed by atoms with Gasteiger partial charge in [-0.05, 0) is 0 Å². The highest BCUT2D eigenvalue weighted by molar-refractivity contribution is 4.63. The van der Waals surface area contributed by atoms with Crippen LogP contribution in [0, 0.1) is 0 Å². The second-order valence-electron chi connectivity index (χ2n) is 2.88. The van der Waals surface area contributed by atoms with Gasteiger partial charge in [-0.3, -0.25) is 0 Å². The Hall–Kier alpha value is -0.400.